The fourth-order valence-corrected chi connectivity index (χ4v) is 3.61. The van der Waals surface area contributed by atoms with Gasteiger partial charge in [-0.15, -0.1) is 0 Å². The highest BCUT2D eigenvalue weighted by Gasteiger charge is 2.20. The van der Waals surface area contributed by atoms with Crippen LogP contribution in [0, 0.1) is 0 Å². The Hall–Kier alpha value is -2.14. The lowest BCUT2D eigenvalue weighted by atomic mass is 10.1. The number of carbonyl (C=O) groups excluding carboxylic acids is 1. The molecule has 3 rings (SSSR count). The molecule has 0 saturated carbocycles. The van der Waals surface area contributed by atoms with Crippen LogP contribution in [-0.4, -0.2) is 58.0 Å². The Morgan fingerprint density at radius 3 is 2.77 bits per heavy atom. The van der Waals surface area contributed by atoms with Crippen molar-refractivity contribution in [2.45, 2.75) is 38.6 Å². The van der Waals surface area contributed by atoms with Crippen LogP contribution >= 0.6 is 0 Å². The molecule has 0 N–H and O–H groups in total. The number of carbonyl (C=O) groups is 1. The van der Waals surface area contributed by atoms with Crippen molar-refractivity contribution in [3.8, 4) is 0 Å². The molecule has 1 fully saturated rings. The summed E-state index contributed by atoms with van der Waals surface area (Å²) in [6.45, 7) is 7.00. The van der Waals surface area contributed by atoms with Crippen molar-refractivity contribution in [2.24, 2.45) is 0 Å². The monoisotopic (exact) mass is 354 g/mol. The van der Waals surface area contributed by atoms with Gasteiger partial charge in [0.05, 0.1) is 6.33 Å². The van der Waals surface area contributed by atoms with Crippen LogP contribution in [0.1, 0.15) is 37.8 Å². The van der Waals surface area contributed by atoms with E-state index in [2.05, 4.69) is 47.1 Å². The molecule has 0 radical (unpaired) electrons. The molecule has 1 saturated heterocycles. The summed E-state index contributed by atoms with van der Waals surface area (Å²) < 4.78 is 2.01. The summed E-state index contributed by atoms with van der Waals surface area (Å²) >= 11 is 0. The summed E-state index contributed by atoms with van der Waals surface area (Å²) in [5, 5.41) is 0. The molecule has 5 heteroatoms. The molecule has 0 spiro atoms. The smallest absolute Gasteiger partial charge is 0.224 e. The fourth-order valence-electron chi connectivity index (χ4n) is 3.61. The molecule has 1 aromatic carbocycles. The van der Waals surface area contributed by atoms with E-state index in [1.54, 1.807) is 12.5 Å². The Labute approximate surface area is 156 Å². The normalized spacial score (nSPS) is 17.0. The lowest BCUT2D eigenvalue weighted by Crippen LogP contribution is -2.36. The van der Waals surface area contributed by atoms with Crippen molar-refractivity contribution in [1.82, 2.24) is 19.4 Å². The quantitative estimate of drug-likeness (QED) is 0.767. The average Bonchev–Trinajstić information content (AvgIpc) is 3.09. The molecule has 0 unspecified atom stereocenters. The van der Waals surface area contributed by atoms with Gasteiger partial charge in [-0.2, -0.15) is 0 Å². The molecule has 5 nitrogen and oxygen atoms in total. The highest BCUT2D eigenvalue weighted by Crippen LogP contribution is 2.14. The molecule has 26 heavy (non-hydrogen) atoms. The van der Waals surface area contributed by atoms with Gasteiger partial charge in [0.25, 0.3) is 0 Å². The average molecular weight is 354 g/mol. The Morgan fingerprint density at radius 1 is 1.15 bits per heavy atom. The van der Waals surface area contributed by atoms with Gasteiger partial charge in [-0.25, -0.2) is 4.98 Å². The Bertz CT molecular complexity index is 656. The van der Waals surface area contributed by atoms with E-state index >= 15 is 0 Å². The minimum Gasteiger partial charge on any atom is -0.341 e. The number of nitrogens with zero attached hydrogens (tertiary/aromatic N) is 4. The Balaban J connectivity index is 1.40. The predicted octanol–water partition coefficient (Wildman–Crippen LogP) is 3.00. The highest BCUT2D eigenvalue weighted by molar-refractivity contribution is 5.76. The minimum absolute atomic E-state index is 0.162. The molecule has 1 aromatic heterocycles. The van der Waals surface area contributed by atoms with Crippen LogP contribution in [0.25, 0.3) is 0 Å². The van der Waals surface area contributed by atoms with Crippen molar-refractivity contribution < 1.29 is 4.79 Å². The van der Waals surface area contributed by atoms with Gasteiger partial charge >= 0.3 is 0 Å². The van der Waals surface area contributed by atoms with Gasteiger partial charge in [-0.05, 0) is 44.8 Å². The summed E-state index contributed by atoms with van der Waals surface area (Å²) in [5.74, 6) is 0.261. The topological polar surface area (TPSA) is 41.4 Å². The largest absolute Gasteiger partial charge is 0.341 e. The minimum atomic E-state index is 0.162. The SMILES string of the molecule is C[C@H](CC(=O)N1CCCN(CCCc2ccccc2)CC1)n1ccnc1. The molecule has 2 aromatic rings. The number of rotatable bonds is 7. The van der Waals surface area contributed by atoms with E-state index in [9.17, 15) is 4.79 Å². The first-order chi connectivity index (χ1) is 12.7. The second-order valence-electron chi connectivity index (χ2n) is 7.23. The van der Waals surface area contributed by atoms with Crippen LogP contribution in [-0.2, 0) is 11.2 Å². The Morgan fingerprint density at radius 2 is 2.00 bits per heavy atom. The maximum Gasteiger partial charge on any atom is 0.224 e. The number of benzene rings is 1. The van der Waals surface area contributed by atoms with Crippen LogP contribution in [0.3, 0.4) is 0 Å². The zero-order valence-electron chi connectivity index (χ0n) is 15.8. The molecule has 1 aliphatic rings. The lowest BCUT2D eigenvalue weighted by molar-refractivity contribution is -0.131. The van der Waals surface area contributed by atoms with E-state index < -0.39 is 0 Å². The van der Waals surface area contributed by atoms with Crippen molar-refractivity contribution in [2.75, 3.05) is 32.7 Å². The van der Waals surface area contributed by atoms with Crippen molar-refractivity contribution in [1.29, 1.82) is 0 Å². The second-order valence-corrected chi connectivity index (χ2v) is 7.23. The molecule has 0 aliphatic carbocycles. The van der Waals surface area contributed by atoms with Gasteiger partial charge in [0.1, 0.15) is 0 Å². The molecule has 1 amide bonds. The number of amides is 1. The third-order valence-corrected chi connectivity index (χ3v) is 5.23. The maximum atomic E-state index is 12.6. The van der Waals surface area contributed by atoms with Crippen LogP contribution in [0.4, 0.5) is 0 Å². The first-order valence-corrected chi connectivity index (χ1v) is 9.74. The third kappa shape index (κ3) is 5.43. The van der Waals surface area contributed by atoms with Gasteiger partial charge in [-0.3, -0.25) is 4.79 Å². The third-order valence-electron chi connectivity index (χ3n) is 5.23. The summed E-state index contributed by atoms with van der Waals surface area (Å²) in [5.41, 5.74) is 1.41. The van der Waals surface area contributed by atoms with Crippen molar-refractivity contribution in [3.05, 3.63) is 54.6 Å². The predicted molar refractivity (Wildman–Crippen MR) is 104 cm³/mol. The molecular weight excluding hydrogens is 324 g/mol. The van der Waals surface area contributed by atoms with Gasteiger partial charge < -0.3 is 14.4 Å². The molecule has 1 atom stereocenters. The zero-order chi connectivity index (χ0) is 18.2. The van der Waals surface area contributed by atoms with Crippen LogP contribution in [0.2, 0.25) is 0 Å². The fraction of sp³-hybridized carbons (Fsp3) is 0.524. The van der Waals surface area contributed by atoms with E-state index in [0.717, 1.165) is 45.6 Å². The van der Waals surface area contributed by atoms with E-state index in [1.807, 2.05) is 15.7 Å². The second kappa shape index (κ2) is 9.53. The maximum absolute atomic E-state index is 12.6. The Kier molecular flexibility index (Phi) is 6.83. The lowest BCUT2D eigenvalue weighted by Gasteiger charge is -2.23. The zero-order valence-corrected chi connectivity index (χ0v) is 15.8. The molecule has 140 valence electrons. The van der Waals surface area contributed by atoms with Gasteiger partial charge in [-0.1, -0.05) is 30.3 Å². The number of aryl methyl sites for hydroxylation is 1. The van der Waals surface area contributed by atoms with Crippen LogP contribution < -0.4 is 0 Å². The van der Waals surface area contributed by atoms with Crippen molar-refractivity contribution in [3.63, 3.8) is 0 Å². The van der Waals surface area contributed by atoms with E-state index in [1.165, 1.54) is 12.0 Å². The van der Waals surface area contributed by atoms with Gasteiger partial charge in [0.15, 0.2) is 0 Å². The highest BCUT2D eigenvalue weighted by atomic mass is 16.2. The molecule has 1 aliphatic heterocycles. The van der Waals surface area contributed by atoms with E-state index in [-0.39, 0.29) is 11.9 Å². The first-order valence-electron chi connectivity index (χ1n) is 9.74. The molecular formula is C21H30N4O. The van der Waals surface area contributed by atoms with E-state index in [0.29, 0.717) is 6.42 Å². The van der Waals surface area contributed by atoms with E-state index in [4.69, 9.17) is 0 Å². The number of aromatic nitrogens is 2. The summed E-state index contributed by atoms with van der Waals surface area (Å²) in [6.07, 6.45) is 9.39. The van der Waals surface area contributed by atoms with Gasteiger partial charge in [0, 0.05) is 44.5 Å². The molecule has 2 heterocycles. The first kappa shape index (κ1) is 18.6. The molecule has 0 bridgehead atoms. The van der Waals surface area contributed by atoms with Crippen LogP contribution in [0.5, 0.6) is 0 Å². The number of hydrogen-bond acceptors (Lipinski definition) is 3. The van der Waals surface area contributed by atoms with Crippen molar-refractivity contribution >= 4 is 5.91 Å². The summed E-state index contributed by atoms with van der Waals surface area (Å²) in [7, 11) is 0. The van der Waals surface area contributed by atoms with Gasteiger partial charge in [0.2, 0.25) is 5.91 Å². The summed E-state index contributed by atoms with van der Waals surface area (Å²) in [4.78, 5) is 21.3. The number of hydrogen-bond donors (Lipinski definition) is 0. The summed E-state index contributed by atoms with van der Waals surface area (Å²) in [6, 6.07) is 10.8. The number of imidazole rings is 1. The standard InChI is InChI=1S/C21H30N4O/c1-19(25-14-10-22-18-25)17-21(26)24-13-6-12-23(15-16-24)11-5-9-20-7-3-2-4-8-20/h2-4,7-8,10,14,18-19H,5-6,9,11-13,15-17H2,1H3/t19-/m1/s1. The van der Waals surface area contributed by atoms with Crippen LogP contribution in [0.15, 0.2) is 49.1 Å².